The molecule has 4 aliphatic carbocycles. The van der Waals surface area contributed by atoms with Crippen molar-refractivity contribution >= 4 is 27.0 Å². The maximum absolute atomic E-state index is 2.51. The molecule has 9 rings (SSSR count). The minimum Gasteiger partial charge on any atom is -0.311 e. The molecule has 5 aromatic carbocycles. The Kier molecular flexibility index (Phi) is 7.49. The zero-order chi connectivity index (χ0) is 35.0. The summed E-state index contributed by atoms with van der Waals surface area (Å²) in [7, 11) is -0.841. The van der Waals surface area contributed by atoms with Crippen LogP contribution in [0.4, 0.5) is 11.4 Å². The van der Waals surface area contributed by atoms with Gasteiger partial charge in [0.05, 0.1) is 0 Å². The van der Waals surface area contributed by atoms with Crippen LogP contribution in [0.2, 0.25) is 0 Å². The molecule has 0 saturated carbocycles. The monoisotopic (exact) mass is 681 g/mol. The summed E-state index contributed by atoms with van der Waals surface area (Å²) in [6.45, 7) is 4.76. The smallest absolute Gasteiger partial charge is 0.0464 e. The van der Waals surface area contributed by atoms with Crippen LogP contribution >= 0.6 is 10.0 Å². The largest absolute Gasteiger partial charge is 0.311 e. The topological polar surface area (TPSA) is 3.24 Å². The molecule has 0 N–H and O–H groups in total. The minimum absolute atomic E-state index is 0.0727. The van der Waals surface area contributed by atoms with Crippen LogP contribution in [0.25, 0.3) is 16.7 Å². The zero-order valence-corrected chi connectivity index (χ0v) is 31.4. The van der Waals surface area contributed by atoms with Crippen LogP contribution in [0.15, 0.2) is 162 Å². The third-order valence-electron chi connectivity index (χ3n) is 12.0. The molecule has 0 fully saturated rings. The molecule has 0 aliphatic heterocycles. The molecule has 4 aliphatic rings. The molecule has 51 heavy (non-hydrogen) atoms. The highest BCUT2D eigenvalue weighted by molar-refractivity contribution is 8.32. The number of nitrogens with zero attached hydrogens (tertiary/aromatic N) is 1. The van der Waals surface area contributed by atoms with Crippen molar-refractivity contribution in [1.29, 1.82) is 0 Å². The van der Waals surface area contributed by atoms with Crippen molar-refractivity contribution in [2.75, 3.05) is 23.7 Å². The summed E-state index contributed by atoms with van der Waals surface area (Å²) >= 11 is 0. The summed E-state index contributed by atoms with van der Waals surface area (Å²) in [5.74, 6) is 0. The summed E-state index contributed by atoms with van der Waals surface area (Å²) in [5.41, 5.74) is 17.7. The number of rotatable bonds is 4. The molecule has 1 spiro atoms. The predicted molar refractivity (Wildman–Crippen MR) is 221 cm³/mol. The van der Waals surface area contributed by atoms with Gasteiger partial charge in [-0.1, -0.05) is 117 Å². The van der Waals surface area contributed by atoms with E-state index in [0.29, 0.717) is 0 Å². The molecule has 5 aromatic rings. The molecule has 0 bridgehead atoms. The van der Waals surface area contributed by atoms with Gasteiger partial charge in [0.25, 0.3) is 0 Å². The van der Waals surface area contributed by atoms with Gasteiger partial charge in [-0.05, 0) is 147 Å². The molecule has 0 radical (unpaired) electrons. The van der Waals surface area contributed by atoms with Crippen LogP contribution in [-0.2, 0) is 17.3 Å². The van der Waals surface area contributed by atoms with E-state index in [0.717, 1.165) is 25.7 Å². The Morgan fingerprint density at radius 1 is 0.608 bits per heavy atom. The molecule has 254 valence electrons. The maximum Gasteiger partial charge on any atom is 0.0464 e. The molecular formula is C49H47NS. The normalized spacial score (nSPS) is 21.6. The molecule has 0 saturated heterocycles. The van der Waals surface area contributed by atoms with Crippen LogP contribution < -0.4 is 4.90 Å². The fourth-order valence-electron chi connectivity index (χ4n) is 9.46. The quantitative estimate of drug-likeness (QED) is 0.182. The Labute approximate surface area is 306 Å². The van der Waals surface area contributed by atoms with Gasteiger partial charge >= 0.3 is 0 Å². The molecule has 1 nitrogen and oxygen atoms in total. The van der Waals surface area contributed by atoms with Crippen molar-refractivity contribution in [2.24, 2.45) is 0 Å². The summed E-state index contributed by atoms with van der Waals surface area (Å²) < 4.78 is 0. The van der Waals surface area contributed by atoms with Gasteiger partial charge in [0.2, 0.25) is 0 Å². The Morgan fingerprint density at radius 2 is 1.27 bits per heavy atom. The summed E-state index contributed by atoms with van der Waals surface area (Å²) in [6, 6.07) is 44.0. The molecule has 2 heteroatoms. The second kappa shape index (κ2) is 11.9. The first kappa shape index (κ1) is 32.1. The van der Waals surface area contributed by atoms with Gasteiger partial charge in [-0.3, -0.25) is 0 Å². The summed E-state index contributed by atoms with van der Waals surface area (Å²) in [4.78, 5) is 3.94. The molecule has 0 heterocycles. The number of hydrogen-bond donors (Lipinski definition) is 0. The number of benzene rings is 5. The Balaban J connectivity index is 1.21. The van der Waals surface area contributed by atoms with Crippen molar-refractivity contribution in [3.63, 3.8) is 0 Å². The maximum atomic E-state index is 2.51. The van der Waals surface area contributed by atoms with E-state index in [1.54, 1.807) is 5.57 Å². The molecule has 0 amide bonds. The number of fused-ring (bicyclic) bond motifs is 9. The highest BCUT2D eigenvalue weighted by Gasteiger charge is 2.46. The van der Waals surface area contributed by atoms with Gasteiger partial charge in [-0.15, -0.1) is 0 Å². The Hall–Kier alpha value is -4.79. The van der Waals surface area contributed by atoms with E-state index in [2.05, 4.69) is 183 Å². The van der Waals surface area contributed by atoms with E-state index in [4.69, 9.17) is 0 Å². The number of anilines is 2. The van der Waals surface area contributed by atoms with E-state index in [1.165, 1.54) is 72.0 Å². The van der Waals surface area contributed by atoms with Crippen molar-refractivity contribution in [3.05, 3.63) is 190 Å². The summed E-state index contributed by atoms with van der Waals surface area (Å²) in [6.07, 6.45) is 23.3. The average molecular weight is 682 g/mol. The number of allylic oxidation sites excluding steroid dienone is 7. The zero-order valence-electron chi connectivity index (χ0n) is 30.5. The Bertz CT molecular complexity index is 2320. The second-order valence-corrected chi connectivity index (χ2v) is 20.1. The van der Waals surface area contributed by atoms with Crippen LogP contribution in [-0.4, -0.2) is 18.8 Å². The van der Waals surface area contributed by atoms with E-state index in [-0.39, 0.29) is 10.8 Å². The first-order chi connectivity index (χ1) is 24.7. The van der Waals surface area contributed by atoms with E-state index < -0.39 is 10.0 Å². The molecule has 0 aromatic heterocycles. The van der Waals surface area contributed by atoms with Gasteiger partial charge in [0, 0.05) is 27.9 Å². The minimum atomic E-state index is -0.841. The van der Waals surface area contributed by atoms with Gasteiger partial charge in [0.1, 0.15) is 0 Å². The van der Waals surface area contributed by atoms with E-state index in [1.807, 2.05) is 0 Å². The third-order valence-corrected chi connectivity index (χ3v) is 13.7. The van der Waals surface area contributed by atoms with Crippen LogP contribution in [0.3, 0.4) is 0 Å². The summed E-state index contributed by atoms with van der Waals surface area (Å²) in [5, 5.41) is 0. The van der Waals surface area contributed by atoms with Crippen LogP contribution in [0, 0.1) is 0 Å². The lowest BCUT2D eigenvalue weighted by atomic mass is 9.66. The fourth-order valence-corrected chi connectivity index (χ4v) is 10.4. The lowest BCUT2D eigenvalue weighted by Crippen LogP contribution is -2.29. The number of hydrogen-bond acceptors (Lipinski definition) is 1. The lowest BCUT2D eigenvalue weighted by molar-refractivity contribution is 0.593. The van der Waals surface area contributed by atoms with Gasteiger partial charge in [-0.2, -0.15) is 0 Å². The standard InChI is InChI=1S/C49H47NS/c1-48(2)44-21-11-7-17-39(44)42-31-28-37(33-47(42)48)50(36-26-29-38(30-27-36)51(3,4)5)35-16-14-32-49(43-20-10-6-15-34(43)24-25-35)45-22-12-8-18-40(45)41-19-9-13-23-46(41)49/h6-12,14-22,25-31,33H,13,23-24,32H2,1-5H3/b16-14-,35-25+. The average Bonchev–Trinajstić information content (AvgIpc) is 3.59. The van der Waals surface area contributed by atoms with Crippen molar-refractivity contribution in [2.45, 2.75) is 55.3 Å². The SMILES string of the molecule is CC1(C)c2ccccc2-c2ccc(N(C3=C/Cc4ccccc4C4(C/C=C\3)C3=C(C=CCC3)c3ccccc34)c3ccc(S(C)(C)C)cc3)cc21. The first-order valence-electron chi connectivity index (χ1n) is 18.5. The van der Waals surface area contributed by atoms with Crippen molar-refractivity contribution in [3.8, 4) is 11.1 Å². The fraction of sp³-hybridized carbons (Fsp3) is 0.224. The third kappa shape index (κ3) is 4.98. The first-order valence-corrected chi connectivity index (χ1v) is 21.3. The van der Waals surface area contributed by atoms with Crippen molar-refractivity contribution in [1.82, 2.24) is 0 Å². The lowest BCUT2D eigenvalue weighted by Gasteiger charge is -2.36. The Morgan fingerprint density at radius 3 is 2.06 bits per heavy atom. The van der Waals surface area contributed by atoms with Crippen LogP contribution in [0.5, 0.6) is 0 Å². The van der Waals surface area contributed by atoms with E-state index in [9.17, 15) is 0 Å². The van der Waals surface area contributed by atoms with Gasteiger partial charge in [-0.25, -0.2) is 10.0 Å². The predicted octanol–water partition coefficient (Wildman–Crippen LogP) is 12.7. The van der Waals surface area contributed by atoms with Gasteiger partial charge < -0.3 is 4.90 Å². The molecule has 1 atom stereocenters. The van der Waals surface area contributed by atoms with Crippen LogP contribution in [0.1, 0.15) is 66.5 Å². The van der Waals surface area contributed by atoms with E-state index >= 15 is 0 Å². The highest BCUT2D eigenvalue weighted by Crippen LogP contribution is 2.57. The molecule has 1 unspecified atom stereocenters. The highest BCUT2D eigenvalue weighted by atomic mass is 32.3. The van der Waals surface area contributed by atoms with Crippen molar-refractivity contribution < 1.29 is 0 Å². The second-order valence-electron chi connectivity index (χ2n) is 15.9. The van der Waals surface area contributed by atoms with Gasteiger partial charge in [0.15, 0.2) is 0 Å². The molecular weight excluding hydrogens is 635 g/mol.